The Kier molecular flexibility index (Phi) is 4.19. The van der Waals surface area contributed by atoms with Crippen molar-refractivity contribution in [3.05, 3.63) is 35.1 Å². The highest BCUT2D eigenvalue weighted by Gasteiger charge is 2.45. The molecule has 1 unspecified atom stereocenters. The van der Waals surface area contributed by atoms with E-state index in [2.05, 4.69) is 0 Å². The number of carbonyl (C=O) groups is 1. The van der Waals surface area contributed by atoms with Crippen LogP contribution < -0.4 is 0 Å². The van der Waals surface area contributed by atoms with Crippen LogP contribution in [0.3, 0.4) is 0 Å². The maximum atomic E-state index is 13.8. The van der Waals surface area contributed by atoms with Crippen LogP contribution in [-0.4, -0.2) is 21.0 Å². The standard InChI is InChI=1S/C14H14FNO3S/c15-13-10(7-16)2-1-3-11(13)8-20(19)9-14(4-5-14)6-12(17)18/h1-3H,4-6,8-9H2,(H,17,18). The summed E-state index contributed by atoms with van der Waals surface area (Å²) >= 11 is 0. The van der Waals surface area contributed by atoms with Gasteiger partial charge in [-0.15, -0.1) is 0 Å². The molecule has 1 aliphatic rings. The Labute approximate surface area is 118 Å². The summed E-state index contributed by atoms with van der Waals surface area (Å²) < 4.78 is 25.9. The van der Waals surface area contributed by atoms with Gasteiger partial charge in [0, 0.05) is 22.1 Å². The van der Waals surface area contributed by atoms with Gasteiger partial charge in [0.25, 0.3) is 0 Å². The van der Waals surface area contributed by atoms with Gasteiger partial charge < -0.3 is 5.11 Å². The largest absolute Gasteiger partial charge is 0.481 e. The zero-order chi connectivity index (χ0) is 14.8. The Hall–Kier alpha value is -1.74. The second kappa shape index (κ2) is 5.71. The number of nitriles is 1. The van der Waals surface area contributed by atoms with Crippen LogP contribution in [0.15, 0.2) is 18.2 Å². The fraction of sp³-hybridized carbons (Fsp3) is 0.429. The molecule has 0 heterocycles. The topological polar surface area (TPSA) is 78.2 Å². The van der Waals surface area contributed by atoms with Gasteiger partial charge in [-0.1, -0.05) is 12.1 Å². The van der Waals surface area contributed by atoms with E-state index >= 15 is 0 Å². The first-order chi connectivity index (χ1) is 9.46. The number of carboxylic acid groups (broad SMARTS) is 1. The second-order valence-corrected chi connectivity index (χ2v) is 6.65. The number of halogens is 1. The van der Waals surface area contributed by atoms with Crippen molar-refractivity contribution >= 4 is 16.8 Å². The van der Waals surface area contributed by atoms with E-state index in [9.17, 15) is 13.4 Å². The first-order valence-corrected chi connectivity index (χ1v) is 7.69. The number of hydrogen-bond acceptors (Lipinski definition) is 3. The number of hydrogen-bond donors (Lipinski definition) is 1. The third-order valence-corrected chi connectivity index (χ3v) is 5.03. The van der Waals surface area contributed by atoms with Gasteiger partial charge in [-0.3, -0.25) is 9.00 Å². The van der Waals surface area contributed by atoms with Gasteiger partial charge in [0.1, 0.15) is 11.9 Å². The van der Waals surface area contributed by atoms with Crippen molar-refractivity contribution in [3.8, 4) is 6.07 Å². The second-order valence-electron chi connectivity index (χ2n) is 5.19. The van der Waals surface area contributed by atoms with Crippen LogP contribution in [0.4, 0.5) is 4.39 Å². The van der Waals surface area contributed by atoms with E-state index in [1.54, 1.807) is 12.1 Å². The lowest BCUT2D eigenvalue weighted by Gasteiger charge is -2.12. The third-order valence-electron chi connectivity index (χ3n) is 3.47. The number of benzene rings is 1. The molecule has 4 nitrogen and oxygen atoms in total. The van der Waals surface area contributed by atoms with E-state index in [4.69, 9.17) is 10.4 Å². The fourth-order valence-corrected chi connectivity index (χ4v) is 3.96. The molecule has 1 aliphatic carbocycles. The highest BCUT2D eigenvalue weighted by atomic mass is 32.2. The van der Waals surface area contributed by atoms with Gasteiger partial charge in [-0.2, -0.15) is 5.26 Å². The summed E-state index contributed by atoms with van der Waals surface area (Å²) in [6, 6.07) is 6.17. The molecule has 1 fully saturated rings. The molecule has 0 spiro atoms. The van der Waals surface area contributed by atoms with Crippen LogP contribution in [0.2, 0.25) is 0 Å². The van der Waals surface area contributed by atoms with Crippen LogP contribution in [0, 0.1) is 22.6 Å². The first-order valence-electron chi connectivity index (χ1n) is 6.20. The summed E-state index contributed by atoms with van der Waals surface area (Å²) in [4.78, 5) is 10.7. The molecule has 0 aliphatic heterocycles. The lowest BCUT2D eigenvalue weighted by atomic mass is 10.1. The number of nitrogens with zero attached hydrogens (tertiary/aromatic N) is 1. The molecule has 6 heteroatoms. The molecule has 2 rings (SSSR count). The fourth-order valence-electron chi connectivity index (χ4n) is 2.21. The Morgan fingerprint density at radius 2 is 2.20 bits per heavy atom. The highest BCUT2D eigenvalue weighted by molar-refractivity contribution is 7.84. The Bertz CT molecular complexity index is 605. The van der Waals surface area contributed by atoms with Gasteiger partial charge in [0.15, 0.2) is 0 Å². The molecule has 0 saturated heterocycles. The Morgan fingerprint density at radius 3 is 2.75 bits per heavy atom. The summed E-state index contributed by atoms with van der Waals surface area (Å²) in [5.41, 5.74) is -0.195. The van der Waals surface area contributed by atoms with Gasteiger partial charge in [-0.25, -0.2) is 4.39 Å². The number of rotatable bonds is 6. The molecular weight excluding hydrogens is 281 g/mol. The molecule has 0 aromatic heterocycles. The molecule has 1 aromatic rings. The van der Waals surface area contributed by atoms with Crippen molar-refractivity contribution in [2.75, 3.05) is 5.75 Å². The van der Waals surface area contributed by atoms with Crippen LogP contribution in [0.5, 0.6) is 0 Å². The normalized spacial score (nSPS) is 17.2. The van der Waals surface area contributed by atoms with Gasteiger partial charge in [0.2, 0.25) is 0 Å². The van der Waals surface area contributed by atoms with Crippen molar-refractivity contribution < 1.29 is 18.5 Å². The van der Waals surface area contributed by atoms with Crippen LogP contribution in [-0.2, 0) is 21.3 Å². The monoisotopic (exact) mass is 295 g/mol. The maximum absolute atomic E-state index is 13.8. The third kappa shape index (κ3) is 3.42. The smallest absolute Gasteiger partial charge is 0.303 e. The predicted molar refractivity (Wildman–Crippen MR) is 71.7 cm³/mol. The molecule has 0 amide bonds. The van der Waals surface area contributed by atoms with Crippen molar-refractivity contribution in [2.45, 2.75) is 25.0 Å². The molecular formula is C14H14FNO3S. The highest BCUT2D eigenvalue weighted by Crippen LogP contribution is 2.49. The lowest BCUT2D eigenvalue weighted by molar-refractivity contribution is -0.138. The summed E-state index contributed by atoms with van der Waals surface area (Å²) in [5.74, 6) is -1.23. The van der Waals surface area contributed by atoms with E-state index in [1.807, 2.05) is 0 Å². The number of aliphatic carboxylic acids is 1. The number of carboxylic acids is 1. The minimum Gasteiger partial charge on any atom is -0.481 e. The van der Waals surface area contributed by atoms with Crippen molar-refractivity contribution in [3.63, 3.8) is 0 Å². The van der Waals surface area contributed by atoms with Crippen molar-refractivity contribution in [1.29, 1.82) is 5.26 Å². The van der Waals surface area contributed by atoms with Gasteiger partial charge in [0.05, 0.1) is 17.7 Å². The minimum atomic E-state index is -1.33. The van der Waals surface area contributed by atoms with Crippen LogP contribution >= 0.6 is 0 Å². The summed E-state index contributed by atoms with van der Waals surface area (Å²) in [5, 5.41) is 17.6. The molecule has 1 atom stereocenters. The van der Waals surface area contributed by atoms with Crippen molar-refractivity contribution in [2.24, 2.45) is 5.41 Å². The predicted octanol–water partition coefficient (Wildman–Crippen LogP) is 2.20. The van der Waals surface area contributed by atoms with E-state index in [0.29, 0.717) is 0 Å². The van der Waals surface area contributed by atoms with E-state index in [-0.39, 0.29) is 34.5 Å². The Balaban J connectivity index is 2.03. The molecule has 0 radical (unpaired) electrons. The molecule has 0 bridgehead atoms. The molecule has 1 saturated carbocycles. The van der Waals surface area contributed by atoms with Crippen LogP contribution in [0.1, 0.15) is 30.4 Å². The average molecular weight is 295 g/mol. The zero-order valence-corrected chi connectivity index (χ0v) is 11.6. The van der Waals surface area contributed by atoms with Gasteiger partial charge in [-0.05, 0) is 24.3 Å². The molecule has 1 aromatic carbocycles. The first kappa shape index (κ1) is 14.7. The van der Waals surface area contributed by atoms with E-state index in [0.717, 1.165) is 12.8 Å². The van der Waals surface area contributed by atoms with E-state index < -0.39 is 22.6 Å². The Morgan fingerprint density at radius 1 is 1.50 bits per heavy atom. The van der Waals surface area contributed by atoms with Crippen molar-refractivity contribution in [1.82, 2.24) is 0 Å². The van der Waals surface area contributed by atoms with E-state index in [1.165, 1.54) is 12.1 Å². The minimum absolute atomic E-state index is 0.0134. The van der Waals surface area contributed by atoms with Gasteiger partial charge >= 0.3 is 5.97 Å². The summed E-state index contributed by atoms with van der Waals surface area (Å²) in [6.07, 6.45) is 1.52. The van der Waals surface area contributed by atoms with Crippen LogP contribution in [0.25, 0.3) is 0 Å². The SMILES string of the molecule is N#Cc1cccc(CS(=O)CC2(CC(=O)O)CC2)c1F. The molecule has 106 valence electrons. The lowest BCUT2D eigenvalue weighted by Crippen LogP contribution is -2.18. The molecule has 20 heavy (non-hydrogen) atoms. The zero-order valence-electron chi connectivity index (χ0n) is 10.8. The molecule has 1 N–H and O–H groups in total. The summed E-state index contributed by atoms with van der Waals surface area (Å²) in [7, 11) is -1.33. The summed E-state index contributed by atoms with van der Waals surface area (Å²) in [6.45, 7) is 0. The average Bonchev–Trinajstić information content (AvgIpc) is 3.10. The maximum Gasteiger partial charge on any atom is 0.303 e. The quantitative estimate of drug-likeness (QED) is 0.872.